The van der Waals surface area contributed by atoms with E-state index in [0.717, 1.165) is 49.1 Å². The summed E-state index contributed by atoms with van der Waals surface area (Å²) in [4.78, 5) is 2.87. The van der Waals surface area contributed by atoms with Crippen LogP contribution in [0.1, 0.15) is 30.2 Å². The van der Waals surface area contributed by atoms with Crippen molar-refractivity contribution in [2.45, 2.75) is 43.3 Å². The van der Waals surface area contributed by atoms with Crippen molar-refractivity contribution in [3.63, 3.8) is 0 Å². The lowest BCUT2D eigenvalue weighted by Crippen LogP contribution is -2.38. The van der Waals surface area contributed by atoms with Crippen molar-refractivity contribution in [3.8, 4) is 17.6 Å². The van der Waals surface area contributed by atoms with Gasteiger partial charge in [0.15, 0.2) is 9.84 Å². The van der Waals surface area contributed by atoms with Gasteiger partial charge in [-0.3, -0.25) is 0 Å². The number of benzene rings is 2. The molecule has 0 unspecified atom stereocenters. The number of nitrogens with zero attached hydrogens (tertiary/aromatic N) is 1. The van der Waals surface area contributed by atoms with Crippen LogP contribution in [-0.2, 0) is 21.0 Å². The molecule has 4 rings (SSSR count). The fourth-order valence-electron chi connectivity index (χ4n) is 4.87. The van der Waals surface area contributed by atoms with Crippen molar-refractivity contribution in [2.75, 3.05) is 63.4 Å². The molecular formula is C30H36F3N3O4S2. The van der Waals surface area contributed by atoms with E-state index in [1.807, 2.05) is 6.07 Å². The molecule has 1 aromatic heterocycles. The summed E-state index contributed by atoms with van der Waals surface area (Å²) in [6.07, 6.45) is -2.38. The van der Waals surface area contributed by atoms with Crippen LogP contribution in [0.4, 0.5) is 24.5 Å². The van der Waals surface area contributed by atoms with Gasteiger partial charge in [-0.1, -0.05) is 30.9 Å². The maximum absolute atomic E-state index is 13.6. The van der Waals surface area contributed by atoms with E-state index in [1.54, 1.807) is 18.2 Å². The zero-order valence-electron chi connectivity index (χ0n) is 23.9. The van der Waals surface area contributed by atoms with E-state index < -0.39 is 22.4 Å². The second kappa shape index (κ2) is 14.0. The number of halogens is 3. The van der Waals surface area contributed by atoms with Crippen LogP contribution in [0.25, 0.3) is 10.1 Å². The summed E-state index contributed by atoms with van der Waals surface area (Å²) < 4.78 is 76.4. The van der Waals surface area contributed by atoms with Crippen LogP contribution in [0.5, 0.6) is 5.75 Å². The van der Waals surface area contributed by atoms with Gasteiger partial charge in [0.2, 0.25) is 0 Å². The van der Waals surface area contributed by atoms with Gasteiger partial charge < -0.3 is 25.0 Å². The van der Waals surface area contributed by atoms with Crippen LogP contribution in [-0.4, -0.2) is 78.3 Å². The Balaban J connectivity index is 1.57. The number of hydrogen-bond acceptors (Lipinski definition) is 8. The van der Waals surface area contributed by atoms with Gasteiger partial charge in [-0.05, 0) is 48.5 Å². The smallest absolute Gasteiger partial charge is 0.393 e. The third-order valence-electron chi connectivity index (χ3n) is 7.09. The SMILES string of the molecule is CCN1CCC(Nc2cccc3c(CC(F)(F)F)c(C#CCNc4ccc(S(C)(=O)=O)cc4OCCOC)sc23)CC1. The average Bonchev–Trinajstić information content (AvgIpc) is 3.28. The van der Waals surface area contributed by atoms with Crippen LogP contribution in [0.2, 0.25) is 0 Å². The Morgan fingerprint density at radius 2 is 1.88 bits per heavy atom. The molecule has 2 N–H and O–H groups in total. The second-order valence-electron chi connectivity index (χ2n) is 10.2. The molecule has 0 spiro atoms. The largest absolute Gasteiger partial charge is 0.489 e. The van der Waals surface area contributed by atoms with Gasteiger partial charge in [0.1, 0.15) is 12.4 Å². The lowest BCUT2D eigenvalue weighted by molar-refractivity contribution is -0.126. The standard InChI is InChI=1S/C30H36F3N3O4S2/c1-4-36-15-12-21(13-16-36)35-26-8-5-7-23-24(20-30(31,32)33)28(41-29(23)26)9-6-14-34-25-11-10-22(42(3,37)38)19-27(25)40-18-17-39-2/h5,7-8,10-11,19,21,34-35H,4,12-18,20H2,1-3H3. The van der Waals surface area contributed by atoms with E-state index in [9.17, 15) is 21.6 Å². The van der Waals surface area contributed by atoms with Crippen molar-refractivity contribution in [1.29, 1.82) is 0 Å². The molecule has 1 fully saturated rings. The van der Waals surface area contributed by atoms with Crippen LogP contribution in [0.15, 0.2) is 41.3 Å². The van der Waals surface area contributed by atoms with E-state index >= 15 is 0 Å². The van der Waals surface area contributed by atoms with Crippen molar-refractivity contribution < 1.29 is 31.1 Å². The maximum Gasteiger partial charge on any atom is 0.393 e. The van der Waals surface area contributed by atoms with Crippen LogP contribution in [0.3, 0.4) is 0 Å². The fourth-order valence-corrected chi connectivity index (χ4v) is 6.68. The Kier molecular flexibility index (Phi) is 10.6. The van der Waals surface area contributed by atoms with Gasteiger partial charge in [0.25, 0.3) is 0 Å². The van der Waals surface area contributed by atoms with Crippen LogP contribution >= 0.6 is 11.3 Å². The number of fused-ring (bicyclic) bond motifs is 1. The number of methoxy groups -OCH3 is 1. The highest BCUT2D eigenvalue weighted by Crippen LogP contribution is 2.39. The number of alkyl halides is 3. The second-order valence-corrected chi connectivity index (χ2v) is 13.2. The highest BCUT2D eigenvalue weighted by atomic mass is 32.2. The molecule has 12 heteroatoms. The van der Waals surface area contributed by atoms with Gasteiger partial charge in [-0.2, -0.15) is 13.2 Å². The van der Waals surface area contributed by atoms with Crippen molar-refractivity contribution in [1.82, 2.24) is 4.90 Å². The number of ether oxygens (including phenoxy) is 2. The van der Waals surface area contributed by atoms with Crippen molar-refractivity contribution >= 4 is 42.6 Å². The normalized spacial score (nSPS) is 14.9. The monoisotopic (exact) mass is 623 g/mol. The number of anilines is 2. The fraction of sp³-hybridized carbons (Fsp3) is 0.467. The number of piperidine rings is 1. The molecule has 228 valence electrons. The first-order valence-electron chi connectivity index (χ1n) is 13.8. The molecule has 3 aromatic rings. The molecule has 7 nitrogen and oxygen atoms in total. The van der Waals surface area contributed by atoms with E-state index in [4.69, 9.17) is 9.47 Å². The molecule has 2 aromatic carbocycles. The zero-order valence-corrected chi connectivity index (χ0v) is 25.6. The summed E-state index contributed by atoms with van der Waals surface area (Å²) in [5, 5.41) is 7.24. The van der Waals surface area contributed by atoms with Gasteiger partial charge >= 0.3 is 6.18 Å². The average molecular weight is 624 g/mol. The quantitative estimate of drug-likeness (QED) is 0.207. The molecule has 42 heavy (non-hydrogen) atoms. The topological polar surface area (TPSA) is 79.9 Å². The summed E-state index contributed by atoms with van der Waals surface area (Å²) in [5.41, 5.74) is 1.53. The van der Waals surface area contributed by atoms with Crippen molar-refractivity contribution in [2.24, 2.45) is 0 Å². The molecule has 2 heterocycles. The molecule has 0 radical (unpaired) electrons. The van der Waals surface area contributed by atoms with E-state index in [-0.39, 0.29) is 29.7 Å². The van der Waals surface area contributed by atoms with Gasteiger partial charge in [0.05, 0.1) is 45.4 Å². The van der Waals surface area contributed by atoms with Gasteiger partial charge in [-0.15, -0.1) is 11.3 Å². The first-order chi connectivity index (χ1) is 20.0. The molecule has 0 atom stereocenters. The van der Waals surface area contributed by atoms with Crippen molar-refractivity contribution in [3.05, 3.63) is 46.8 Å². The lowest BCUT2D eigenvalue weighted by atomic mass is 10.0. The Morgan fingerprint density at radius 1 is 1.12 bits per heavy atom. The Labute approximate surface area is 249 Å². The van der Waals surface area contributed by atoms with E-state index in [2.05, 4.69) is 34.3 Å². The van der Waals surface area contributed by atoms with Crippen LogP contribution < -0.4 is 15.4 Å². The van der Waals surface area contributed by atoms with Crippen LogP contribution in [0, 0.1) is 11.8 Å². The molecule has 0 amide bonds. The van der Waals surface area contributed by atoms with Gasteiger partial charge in [-0.25, -0.2) is 8.42 Å². The number of nitrogens with one attached hydrogen (secondary N) is 2. The summed E-state index contributed by atoms with van der Waals surface area (Å²) in [6, 6.07) is 10.2. The summed E-state index contributed by atoms with van der Waals surface area (Å²) in [7, 11) is -1.92. The Bertz CT molecular complexity index is 1540. The highest BCUT2D eigenvalue weighted by molar-refractivity contribution is 7.90. The molecule has 0 aliphatic carbocycles. The number of hydrogen-bond donors (Lipinski definition) is 2. The minimum atomic E-state index is -4.38. The predicted octanol–water partition coefficient (Wildman–Crippen LogP) is 5.79. The lowest BCUT2D eigenvalue weighted by Gasteiger charge is -2.32. The Morgan fingerprint density at radius 3 is 2.55 bits per heavy atom. The molecule has 1 aliphatic heterocycles. The number of rotatable bonds is 11. The number of thiophene rings is 1. The molecular weight excluding hydrogens is 587 g/mol. The predicted molar refractivity (Wildman–Crippen MR) is 163 cm³/mol. The third-order valence-corrected chi connectivity index (χ3v) is 9.39. The number of sulfone groups is 1. The minimum absolute atomic E-state index is 0.106. The maximum atomic E-state index is 13.6. The molecule has 1 saturated heterocycles. The molecule has 0 saturated carbocycles. The third kappa shape index (κ3) is 8.53. The highest BCUT2D eigenvalue weighted by Gasteiger charge is 2.31. The minimum Gasteiger partial charge on any atom is -0.489 e. The van der Waals surface area contributed by atoms with E-state index in [0.29, 0.717) is 28.3 Å². The summed E-state index contributed by atoms with van der Waals surface area (Å²) in [6.45, 7) is 5.77. The zero-order chi connectivity index (χ0) is 30.3. The van der Waals surface area contributed by atoms with E-state index in [1.165, 1.54) is 30.6 Å². The Hall–Kier alpha value is -2.98. The first kappa shape index (κ1) is 31.9. The van der Waals surface area contributed by atoms with Gasteiger partial charge in [0, 0.05) is 38.6 Å². The molecule has 0 bridgehead atoms. The first-order valence-corrected chi connectivity index (χ1v) is 16.5. The summed E-state index contributed by atoms with van der Waals surface area (Å²) in [5.74, 6) is 6.22. The summed E-state index contributed by atoms with van der Waals surface area (Å²) >= 11 is 1.27. The molecule has 1 aliphatic rings. The number of likely N-dealkylation sites (tertiary alicyclic amines) is 1.